The summed E-state index contributed by atoms with van der Waals surface area (Å²) in [5.41, 5.74) is -0.136. The number of urea groups is 1. The summed E-state index contributed by atoms with van der Waals surface area (Å²) in [6.45, 7) is 0. The molecule has 9 nitrogen and oxygen atoms in total. The van der Waals surface area contributed by atoms with E-state index in [0.29, 0.717) is 0 Å². The number of carbonyl (C=O) groups is 3. The molecule has 0 aromatic heterocycles. The Labute approximate surface area is 226 Å². The summed E-state index contributed by atoms with van der Waals surface area (Å²) in [6.07, 6.45) is 1.17. The second-order valence-corrected chi connectivity index (χ2v) is 10.2. The number of ether oxygens (including phenoxy) is 1. The van der Waals surface area contributed by atoms with E-state index >= 15 is 0 Å². The number of anilines is 1. The lowest BCUT2D eigenvalue weighted by atomic mass is 10.1. The molecule has 3 aromatic rings. The Morgan fingerprint density at radius 2 is 1.59 bits per heavy atom. The van der Waals surface area contributed by atoms with Crippen molar-refractivity contribution in [1.82, 2.24) is 5.32 Å². The summed E-state index contributed by atoms with van der Waals surface area (Å²) >= 11 is 18.2. The number of amides is 4. The predicted octanol–water partition coefficient (Wildman–Crippen LogP) is 5.09. The Bertz CT molecular complexity index is 1570. The number of benzene rings is 3. The summed E-state index contributed by atoms with van der Waals surface area (Å²) in [6, 6.07) is 13.1. The number of rotatable bonds is 6. The molecule has 13 heteroatoms. The Kier molecular flexibility index (Phi) is 7.47. The van der Waals surface area contributed by atoms with Crippen molar-refractivity contribution in [3.05, 3.63) is 86.9 Å². The quantitative estimate of drug-likeness (QED) is 0.245. The van der Waals surface area contributed by atoms with E-state index in [1.807, 2.05) is 0 Å². The van der Waals surface area contributed by atoms with Gasteiger partial charge >= 0.3 is 16.1 Å². The molecule has 0 saturated carbocycles. The molecule has 0 radical (unpaired) electrons. The van der Waals surface area contributed by atoms with Crippen LogP contribution in [0.4, 0.5) is 10.5 Å². The van der Waals surface area contributed by atoms with Crippen LogP contribution in [-0.2, 0) is 19.7 Å². The molecule has 190 valence electrons. The lowest BCUT2D eigenvalue weighted by Gasteiger charge is -2.26. The van der Waals surface area contributed by atoms with Crippen molar-refractivity contribution in [2.24, 2.45) is 0 Å². The van der Waals surface area contributed by atoms with E-state index in [0.717, 1.165) is 4.90 Å². The van der Waals surface area contributed by atoms with Crippen molar-refractivity contribution in [2.45, 2.75) is 4.90 Å². The number of methoxy groups -OCH3 is 1. The van der Waals surface area contributed by atoms with Gasteiger partial charge in [0.15, 0.2) is 5.75 Å². The zero-order valence-corrected chi connectivity index (χ0v) is 21.8. The number of hydrogen-bond donors (Lipinski definition) is 1. The zero-order valence-electron chi connectivity index (χ0n) is 18.7. The van der Waals surface area contributed by atoms with E-state index in [4.69, 9.17) is 43.7 Å². The van der Waals surface area contributed by atoms with Gasteiger partial charge in [-0.2, -0.15) is 8.42 Å². The standard InChI is InChI=1S/C24H15Cl3N2O7S/c1-35-20-11-13(10-19(27)21(20)36-37(33,34)15-5-3-2-4-6-15)9-16-22(30)28-24(32)29(23(16)31)14-7-8-17(25)18(26)12-14/h2-12H,1H3,(H,28,30,32)/b16-9+. The molecule has 0 bridgehead atoms. The summed E-state index contributed by atoms with van der Waals surface area (Å²) in [5.74, 6) is -2.26. The number of imide groups is 2. The SMILES string of the molecule is COc1cc(/C=C2\C(=O)NC(=O)N(c3ccc(Cl)c(Cl)c3)C2=O)cc(Cl)c1OS(=O)(=O)c1ccccc1. The van der Waals surface area contributed by atoms with Gasteiger partial charge in [-0.1, -0.05) is 53.0 Å². The van der Waals surface area contributed by atoms with E-state index < -0.39 is 33.5 Å². The fraction of sp³-hybridized carbons (Fsp3) is 0.0417. The summed E-state index contributed by atoms with van der Waals surface area (Å²) in [7, 11) is -2.98. The molecule has 1 N–H and O–H groups in total. The van der Waals surface area contributed by atoms with Crippen molar-refractivity contribution >= 4 is 74.5 Å². The van der Waals surface area contributed by atoms with E-state index in [-0.39, 0.29) is 42.7 Å². The predicted molar refractivity (Wildman–Crippen MR) is 138 cm³/mol. The maximum absolute atomic E-state index is 13.1. The monoisotopic (exact) mass is 580 g/mol. The van der Waals surface area contributed by atoms with Crippen LogP contribution in [0.3, 0.4) is 0 Å². The molecular weight excluding hydrogens is 567 g/mol. The Morgan fingerprint density at radius 3 is 2.24 bits per heavy atom. The molecule has 0 aliphatic carbocycles. The first-order chi connectivity index (χ1) is 17.5. The third-order valence-electron chi connectivity index (χ3n) is 5.05. The highest BCUT2D eigenvalue weighted by Gasteiger charge is 2.37. The van der Waals surface area contributed by atoms with Crippen molar-refractivity contribution < 1.29 is 31.7 Å². The van der Waals surface area contributed by atoms with E-state index in [9.17, 15) is 22.8 Å². The fourth-order valence-corrected chi connectivity index (χ4v) is 4.91. The van der Waals surface area contributed by atoms with Crippen LogP contribution in [0, 0.1) is 0 Å². The number of hydrogen-bond acceptors (Lipinski definition) is 7. The maximum atomic E-state index is 13.1. The molecular formula is C24H15Cl3N2O7S. The summed E-state index contributed by atoms with van der Waals surface area (Å²) in [4.78, 5) is 38.7. The van der Waals surface area contributed by atoms with Gasteiger partial charge in [0.2, 0.25) is 5.75 Å². The minimum absolute atomic E-state index is 0.0834. The normalized spacial score (nSPS) is 15.1. The first-order valence-electron chi connectivity index (χ1n) is 10.3. The van der Waals surface area contributed by atoms with Crippen LogP contribution in [-0.4, -0.2) is 33.4 Å². The maximum Gasteiger partial charge on any atom is 0.339 e. The van der Waals surface area contributed by atoms with E-state index in [1.165, 1.54) is 67.8 Å². The molecule has 1 saturated heterocycles. The first-order valence-corrected chi connectivity index (χ1v) is 12.8. The molecule has 1 heterocycles. The fourth-order valence-electron chi connectivity index (χ4n) is 3.33. The molecule has 4 amide bonds. The van der Waals surface area contributed by atoms with E-state index in [1.54, 1.807) is 6.07 Å². The molecule has 0 spiro atoms. The minimum Gasteiger partial charge on any atom is -0.493 e. The molecule has 1 fully saturated rings. The Balaban J connectivity index is 1.71. The number of barbiturate groups is 1. The first kappa shape index (κ1) is 26.5. The Hall–Kier alpha value is -3.57. The van der Waals surface area contributed by atoms with Gasteiger partial charge in [0.1, 0.15) is 10.5 Å². The van der Waals surface area contributed by atoms with Crippen molar-refractivity contribution in [2.75, 3.05) is 12.0 Å². The van der Waals surface area contributed by atoms with Gasteiger partial charge in [0.25, 0.3) is 11.8 Å². The topological polar surface area (TPSA) is 119 Å². The van der Waals surface area contributed by atoms with Gasteiger partial charge < -0.3 is 8.92 Å². The van der Waals surface area contributed by atoms with Gasteiger partial charge in [-0.3, -0.25) is 14.9 Å². The van der Waals surface area contributed by atoms with Gasteiger partial charge in [0.05, 0.1) is 27.9 Å². The van der Waals surface area contributed by atoms with Crippen LogP contribution in [0.25, 0.3) is 6.08 Å². The summed E-state index contributed by atoms with van der Waals surface area (Å²) in [5, 5.41) is 2.21. The van der Waals surface area contributed by atoms with Crippen LogP contribution in [0.1, 0.15) is 5.56 Å². The van der Waals surface area contributed by atoms with Crippen molar-refractivity contribution in [1.29, 1.82) is 0 Å². The number of carbonyl (C=O) groups excluding carboxylic acids is 3. The molecule has 0 unspecified atom stereocenters. The van der Waals surface area contributed by atoms with Gasteiger partial charge in [0, 0.05) is 0 Å². The molecule has 37 heavy (non-hydrogen) atoms. The van der Waals surface area contributed by atoms with Crippen LogP contribution < -0.4 is 19.1 Å². The highest BCUT2D eigenvalue weighted by molar-refractivity contribution is 7.87. The largest absolute Gasteiger partial charge is 0.493 e. The molecule has 3 aromatic carbocycles. The number of nitrogens with one attached hydrogen (secondary N) is 1. The lowest BCUT2D eigenvalue weighted by Crippen LogP contribution is -2.54. The average Bonchev–Trinajstić information content (AvgIpc) is 2.85. The van der Waals surface area contributed by atoms with Crippen molar-refractivity contribution in [3.63, 3.8) is 0 Å². The second kappa shape index (κ2) is 10.4. The smallest absolute Gasteiger partial charge is 0.339 e. The molecule has 1 aliphatic heterocycles. The molecule has 0 atom stereocenters. The third kappa shape index (κ3) is 5.42. The van der Waals surface area contributed by atoms with Gasteiger partial charge in [-0.25, -0.2) is 9.69 Å². The van der Waals surface area contributed by atoms with Crippen molar-refractivity contribution in [3.8, 4) is 11.5 Å². The lowest BCUT2D eigenvalue weighted by molar-refractivity contribution is -0.122. The summed E-state index contributed by atoms with van der Waals surface area (Å²) < 4.78 is 35.8. The van der Waals surface area contributed by atoms with Crippen LogP contribution >= 0.6 is 34.8 Å². The Morgan fingerprint density at radius 1 is 0.892 bits per heavy atom. The highest BCUT2D eigenvalue weighted by Crippen LogP contribution is 2.39. The molecule has 1 aliphatic rings. The van der Waals surface area contributed by atoms with Crippen LogP contribution in [0.2, 0.25) is 15.1 Å². The second-order valence-electron chi connectivity index (χ2n) is 7.44. The average molecular weight is 582 g/mol. The van der Waals surface area contributed by atoms with Gasteiger partial charge in [-0.05, 0) is 54.1 Å². The van der Waals surface area contributed by atoms with Gasteiger partial charge in [-0.15, -0.1) is 0 Å². The van der Waals surface area contributed by atoms with Crippen LogP contribution in [0.15, 0.2) is 71.1 Å². The molecule has 4 rings (SSSR count). The van der Waals surface area contributed by atoms with E-state index in [2.05, 4.69) is 5.32 Å². The number of halogens is 3. The minimum atomic E-state index is -4.24. The zero-order chi connectivity index (χ0) is 26.9. The van der Waals surface area contributed by atoms with Crippen LogP contribution in [0.5, 0.6) is 11.5 Å². The highest BCUT2D eigenvalue weighted by atomic mass is 35.5. The third-order valence-corrected chi connectivity index (χ3v) is 7.31. The number of nitrogens with zero attached hydrogens (tertiary/aromatic N) is 1.